The van der Waals surface area contributed by atoms with Gasteiger partial charge in [-0.05, 0) is 12.8 Å². The Balaban J connectivity index is 2.53. The van der Waals surface area contributed by atoms with E-state index in [0.717, 1.165) is 12.8 Å². The van der Waals surface area contributed by atoms with Crippen molar-refractivity contribution in [2.45, 2.75) is 26.7 Å². The lowest BCUT2D eigenvalue weighted by Crippen LogP contribution is -2.39. The molecule has 0 aliphatic heterocycles. The molecule has 1 aromatic rings. The van der Waals surface area contributed by atoms with E-state index in [1.54, 1.807) is 10.9 Å². The maximum atomic E-state index is 11.7. The largest absolute Gasteiger partial charge is 0.396 e. The number of aliphatic hydroxyl groups excluding tert-OH is 1. The van der Waals surface area contributed by atoms with Crippen LogP contribution >= 0.6 is 11.3 Å². The molecule has 0 saturated heterocycles. The van der Waals surface area contributed by atoms with Gasteiger partial charge in [-0.3, -0.25) is 4.79 Å². The topological polar surface area (TPSA) is 62.2 Å². The standard InChI is InChI=1S/C11H18N2O2S/c1-3-11(4-2,7-14)6-12-10(15)9-5-16-8-13-9/h5,8,14H,3-4,6-7H2,1-2H3,(H,12,15). The second-order valence-electron chi connectivity index (χ2n) is 3.92. The van der Waals surface area contributed by atoms with Crippen molar-refractivity contribution in [2.75, 3.05) is 13.2 Å². The Morgan fingerprint density at radius 2 is 2.25 bits per heavy atom. The average molecular weight is 242 g/mol. The zero-order valence-electron chi connectivity index (χ0n) is 9.69. The molecule has 90 valence electrons. The monoisotopic (exact) mass is 242 g/mol. The molecule has 0 unspecified atom stereocenters. The van der Waals surface area contributed by atoms with E-state index < -0.39 is 0 Å². The lowest BCUT2D eigenvalue weighted by atomic mass is 9.83. The van der Waals surface area contributed by atoms with E-state index in [2.05, 4.69) is 10.3 Å². The molecule has 0 atom stereocenters. The Bertz CT molecular complexity index is 312. The third kappa shape index (κ3) is 3.02. The van der Waals surface area contributed by atoms with Gasteiger partial charge in [0.05, 0.1) is 12.1 Å². The minimum absolute atomic E-state index is 0.0946. The highest BCUT2D eigenvalue weighted by molar-refractivity contribution is 7.07. The summed E-state index contributed by atoms with van der Waals surface area (Å²) in [5.74, 6) is -0.166. The summed E-state index contributed by atoms with van der Waals surface area (Å²) >= 11 is 1.40. The summed E-state index contributed by atoms with van der Waals surface area (Å²) in [7, 11) is 0. The minimum Gasteiger partial charge on any atom is -0.396 e. The summed E-state index contributed by atoms with van der Waals surface area (Å²) < 4.78 is 0. The second kappa shape index (κ2) is 5.96. The molecule has 4 nitrogen and oxygen atoms in total. The number of hydrogen-bond acceptors (Lipinski definition) is 4. The van der Waals surface area contributed by atoms with E-state index in [1.807, 2.05) is 13.8 Å². The van der Waals surface area contributed by atoms with Gasteiger partial charge in [-0.15, -0.1) is 11.3 Å². The number of carbonyl (C=O) groups is 1. The van der Waals surface area contributed by atoms with Crippen molar-refractivity contribution in [3.63, 3.8) is 0 Å². The van der Waals surface area contributed by atoms with E-state index in [1.165, 1.54) is 11.3 Å². The van der Waals surface area contributed by atoms with Crippen molar-refractivity contribution < 1.29 is 9.90 Å². The van der Waals surface area contributed by atoms with E-state index >= 15 is 0 Å². The first kappa shape index (κ1) is 13.1. The average Bonchev–Trinajstić information content (AvgIpc) is 2.85. The molecule has 0 spiro atoms. The highest BCUT2D eigenvalue weighted by Crippen LogP contribution is 2.24. The van der Waals surface area contributed by atoms with Crippen molar-refractivity contribution in [1.29, 1.82) is 0 Å². The summed E-state index contributed by atoms with van der Waals surface area (Å²) in [4.78, 5) is 15.6. The predicted molar refractivity (Wildman–Crippen MR) is 64.5 cm³/mol. The van der Waals surface area contributed by atoms with Crippen LogP contribution in [0.2, 0.25) is 0 Å². The molecule has 0 aliphatic rings. The SMILES string of the molecule is CCC(CC)(CO)CNC(=O)c1cscn1. The number of aliphatic hydroxyl groups is 1. The molecule has 0 fully saturated rings. The third-order valence-electron chi connectivity index (χ3n) is 3.12. The van der Waals surface area contributed by atoms with Crippen LogP contribution in [0.3, 0.4) is 0 Å². The highest BCUT2D eigenvalue weighted by Gasteiger charge is 2.26. The smallest absolute Gasteiger partial charge is 0.270 e. The van der Waals surface area contributed by atoms with Crippen LogP contribution in [0.1, 0.15) is 37.2 Å². The lowest BCUT2D eigenvalue weighted by Gasteiger charge is -2.29. The zero-order chi connectivity index (χ0) is 12.0. The van der Waals surface area contributed by atoms with Crippen molar-refractivity contribution in [3.8, 4) is 0 Å². The van der Waals surface area contributed by atoms with E-state index in [9.17, 15) is 9.90 Å². The molecule has 2 N–H and O–H groups in total. The van der Waals surface area contributed by atoms with E-state index in [0.29, 0.717) is 12.2 Å². The fourth-order valence-electron chi connectivity index (χ4n) is 1.46. The van der Waals surface area contributed by atoms with Gasteiger partial charge >= 0.3 is 0 Å². The number of rotatable bonds is 6. The minimum atomic E-state index is -0.203. The molecular weight excluding hydrogens is 224 g/mol. The molecule has 1 amide bonds. The fraction of sp³-hybridized carbons (Fsp3) is 0.636. The molecule has 0 saturated carbocycles. The van der Waals surface area contributed by atoms with Gasteiger partial charge in [-0.25, -0.2) is 4.98 Å². The summed E-state index contributed by atoms with van der Waals surface area (Å²) in [6.07, 6.45) is 1.69. The van der Waals surface area contributed by atoms with Crippen LogP contribution < -0.4 is 5.32 Å². The Morgan fingerprint density at radius 1 is 1.56 bits per heavy atom. The molecule has 1 heterocycles. The summed E-state index contributed by atoms with van der Waals surface area (Å²) in [5, 5.41) is 13.9. The molecule has 0 aliphatic carbocycles. The van der Waals surface area contributed by atoms with Crippen molar-refractivity contribution >= 4 is 17.2 Å². The van der Waals surface area contributed by atoms with Gasteiger partial charge in [0.25, 0.3) is 5.91 Å². The van der Waals surface area contributed by atoms with Gasteiger partial charge in [0.2, 0.25) is 0 Å². The number of thiazole rings is 1. The molecule has 0 radical (unpaired) electrons. The molecule has 1 aromatic heterocycles. The van der Waals surface area contributed by atoms with Gasteiger partial charge in [0.15, 0.2) is 0 Å². The Hall–Kier alpha value is -0.940. The Labute approximate surface area is 99.7 Å². The van der Waals surface area contributed by atoms with Crippen LogP contribution in [0.15, 0.2) is 10.9 Å². The quantitative estimate of drug-likeness (QED) is 0.797. The number of nitrogens with one attached hydrogen (secondary N) is 1. The van der Waals surface area contributed by atoms with Gasteiger partial charge < -0.3 is 10.4 Å². The van der Waals surface area contributed by atoms with Gasteiger partial charge in [-0.1, -0.05) is 13.8 Å². The number of carbonyl (C=O) groups excluding carboxylic acids is 1. The van der Waals surface area contributed by atoms with Crippen molar-refractivity contribution in [1.82, 2.24) is 10.3 Å². The lowest BCUT2D eigenvalue weighted by molar-refractivity contribution is 0.0847. The van der Waals surface area contributed by atoms with Gasteiger partial charge in [0, 0.05) is 17.3 Å². The van der Waals surface area contributed by atoms with Gasteiger partial charge in [-0.2, -0.15) is 0 Å². The molecule has 16 heavy (non-hydrogen) atoms. The molecular formula is C11H18N2O2S. The molecule has 0 bridgehead atoms. The van der Waals surface area contributed by atoms with Crippen LogP contribution in [-0.2, 0) is 0 Å². The van der Waals surface area contributed by atoms with Crippen LogP contribution in [0.4, 0.5) is 0 Å². The third-order valence-corrected chi connectivity index (χ3v) is 3.71. The van der Waals surface area contributed by atoms with Gasteiger partial charge in [0.1, 0.15) is 5.69 Å². The summed E-state index contributed by atoms with van der Waals surface area (Å²) in [6.45, 7) is 4.63. The van der Waals surface area contributed by atoms with E-state index in [-0.39, 0.29) is 17.9 Å². The number of aromatic nitrogens is 1. The maximum absolute atomic E-state index is 11.7. The first-order valence-corrected chi connectivity index (χ1v) is 6.39. The highest BCUT2D eigenvalue weighted by atomic mass is 32.1. The first-order valence-electron chi connectivity index (χ1n) is 5.44. The van der Waals surface area contributed by atoms with Crippen LogP contribution in [0.25, 0.3) is 0 Å². The van der Waals surface area contributed by atoms with Crippen LogP contribution in [-0.4, -0.2) is 29.1 Å². The number of amides is 1. The molecule has 1 rings (SSSR count). The molecule has 5 heteroatoms. The summed E-state index contributed by atoms with van der Waals surface area (Å²) in [5.41, 5.74) is 1.88. The molecule has 0 aromatic carbocycles. The number of hydrogen-bond donors (Lipinski definition) is 2. The Kier molecular flexibility index (Phi) is 4.89. The van der Waals surface area contributed by atoms with Crippen molar-refractivity contribution in [3.05, 3.63) is 16.6 Å². The normalized spacial score (nSPS) is 11.4. The maximum Gasteiger partial charge on any atom is 0.270 e. The summed E-state index contributed by atoms with van der Waals surface area (Å²) in [6, 6.07) is 0. The number of nitrogens with zero attached hydrogens (tertiary/aromatic N) is 1. The predicted octanol–water partition coefficient (Wildman–Crippen LogP) is 1.67. The van der Waals surface area contributed by atoms with Crippen molar-refractivity contribution in [2.24, 2.45) is 5.41 Å². The first-order chi connectivity index (χ1) is 7.67. The Morgan fingerprint density at radius 3 is 2.69 bits per heavy atom. The van der Waals surface area contributed by atoms with E-state index in [4.69, 9.17) is 0 Å². The zero-order valence-corrected chi connectivity index (χ0v) is 10.5. The van der Waals surface area contributed by atoms with Crippen LogP contribution in [0.5, 0.6) is 0 Å². The fourth-order valence-corrected chi connectivity index (χ4v) is 1.99. The second-order valence-corrected chi connectivity index (χ2v) is 4.64. The van der Waals surface area contributed by atoms with Crippen LogP contribution in [0, 0.1) is 5.41 Å².